The summed E-state index contributed by atoms with van der Waals surface area (Å²) in [7, 11) is 0. The number of hydrogen-bond donors (Lipinski definition) is 0. The third kappa shape index (κ3) is 8.33. The van der Waals surface area contributed by atoms with Crippen LogP contribution in [0, 0.1) is 0 Å². The van der Waals surface area contributed by atoms with Crippen LogP contribution in [0.1, 0.15) is 128 Å². The monoisotopic (exact) mass is 508 g/mol. The van der Waals surface area contributed by atoms with Crippen molar-refractivity contribution in [1.29, 1.82) is 0 Å². The molecule has 0 atom stereocenters. The molecule has 0 bridgehead atoms. The lowest BCUT2D eigenvalue weighted by Gasteiger charge is -2.11. The number of fused-ring (bicyclic) bond motifs is 5. The van der Waals surface area contributed by atoms with Crippen LogP contribution in [0.15, 0.2) is 60.7 Å². The van der Waals surface area contributed by atoms with E-state index >= 15 is 0 Å². The topological polar surface area (TPSA) is 0 Å². The van der Waals surface area contributed by atoms with Crippen LogP contribution >= 0.6 is 0 Å². The SMILES string of the molecule is CCCCCCCCCCc1ccc2ccc3c4cc(CCCCCCCCCC)ccc4ccc3c2c1. The first-order chi connectivity index (χ1) is 18.8. The summed E-state index contributed by atoms with van der Waals surface area (Å²) >= 11 is 0. The highest BCUT2D eigenvalue weighted by Crippen LogP contribution is 2.33. The Morgan fingerprint density at radius 2 is 0.684 bits per heavy atom. The zero-order valence-electron chi connectivity index (χ0n) is 24.5. The molecule has 0 aliphatic rings. The summed E-state index contributed by atoms with van der Waals surface area (Å²) in [5.74, 6) is 0. The predicted molar refractivity (Wildman–Crippen MR) is 172 cm³/mol. The third-order valence-electron chi connectivity index (χ3n) is 8.60. The second-order valence-corrected chi connectivity index (χ2v) is 11.8. The predicted octanol–water partition coefficient (Wildman–Crippen LogP) is 12.5. The van der Waals surface area contributed by atoms with Gasteiger partial charge in [0.2, 0.25) is 0 Å². The number of benzene rings is 4. The number of rotatable bonds is 18. The first-order valence-electron chi connectivity index (χ1n) is 16.2. The standard InChI is InChI=1S/C38H52/c1-3-5-7-9-11-13-15-17-19-31-21-23-33-25-28-36-35(37(33)29-31)27-26-34-24-22-32(30-38(34)36)20-18-16-14-12-10-8-6-4-2/h21-30H,3-20H2,1-2H3. The van der Waals surface area contributed by atoms with Crippen LogP contribution < -0.4 is 0 Å². The third-order valence-corrected chi connectivity index (χ3v) is 8.60. The molecule has 0 saturated heterocycles. The lowest BCUT2D eigenvalue weighted by Crippen LogP contribution is -1.89. The summed E-state index contributed by atoms with van der Waals surface area (Å²) in [5.41, 5.74) is 3.00. The van der Waals surface area contributed by atoms with Crippen LogP contribution in [-0.2, 0) is 12.8 Å². The van der Waals surface area contributed by atoms with E-state index in [4.69, 9.17) is 0 Å². The number of aryl methyl sites for hydroxylation is 2. The summed E-state index contributed by atoms with van der Waals surface area (Å²) in [6, 6.07) is 23.8. The maximum atomic E-state index is 2.48. The zero-order chi connectivity index (χ0) is 26.4. The van der Waals surface area contributed by atoms with E-state index in [1.807, 2.05) is 0 Å². The molecule has 204 valence electrons. The molecule has 0 aliphatic heterocycles. The first kappa shape index (κ1) is 28.7. The maximum absolute atomic E-state index is 2.48. The van der Waals surface area contributed by atoms with E-state index in [1.165, 1.54) is 159 Å². The second kappa shape index (κ2) is 15.9. The fraction of sp³-hybridized carbons (Fsp3) is 0.526. The van der Waals surface area contributed by atoms with Crippen molar-refractivity contribution in [2.24, 2.45) is 0 Å². The molecule has 0 fully saturated rings. The number of unbranched alkanes of at least 4 members (excludes halogenated alkanes) is 14. The molecule has 0 amide bonds. The van der Waals surface area contributed by atoms with Gasteiger partial charge in [-0.15, -0.1) is 0 Å². The molecule has 0 N–H and O–H groups in total. The van der Waals surface area contributed by atoms with Gasteiger partial charge in [-0.2, -0.15) is 0 Å². The van der Waals surface area contributed by atoms with Crippen molar-refractivity contribution in [2.75, 3.05) is 0 Å². The number of hydrogen-bond acceptors (Lipinski definition) is 0. The van der Waals surface area contributed by atoms with Crippen molar-refractivity contribution < 1.29 is 0 Å². The fourth-order valence-corrected chi connectivity index (χ4v) is 6.20. The van der Waals surface area contributed by atoms with Crippen LogP contribution in [0.3, 0.4) is 0 Å². The molecule has 4 aromatic rings. The normalized spacial score (nSPS) is 11.7. The maximum Gasteiger partial charge on any atom is -0.00989 e. The Labute approximate surface area is 233 Å². The van der Waals surface area contributed by atoms with Crippen molar-refractivity contribution in [3.8, 4) is 0 Å². The molecule has 0 aromatic heterocycles. The van der Waals surface area contributed by atoms with Gasteiger partial charge in [-0.3, -0.25) is 0 Å². The molecule has 4 rings (SSSR count). The molecule has 4 aromatic carbocycles. The lowest BCUT2D eigenvalue weighted by molar-refractivity contribution is 0.575. The zero-order valence-corrected chi connectivity index (χ0v) is 24.5. The Balaban J connectivity index is 1.39. The Morgan fingerprint density at radius 3 is 1.08 bits per heavy atom. The molecule has 0 unspecified atom stereocenters. The molecule has 0 saturated carbocycles. The molecular formula is C38H52. The Morgan fingerprint density at radius 1 is 0.342 bits per heavy atom. The average molecular weight is 509 g/mol. The van der Waals surface area contributed by atoms with E-state index in [0.717, 1.165) is 0 Å². The van der Waals surface area contributed by atoms with E-state index in [2.05, 4.69) is 74.5 Å². The summed E-state index contributed by atoms with van der Waals surface area (Å²) in [4.78, 5) is 0. The smallest absolute Gasteiger partial charge is 0.00989 e. The second-order valence-electron chi connectivity index (χ2n) is 11.8. The van der Waals surface area contributed by atoms with Gasteiger partial charge < -0.3 is 0 Å². The van der Waals surface area contributed by atoms with E-state index in [1.54, 1.807) is 0 Å². The van der Waals surface area contributed by atoms with Crippen molar-refractivity contribution in [3.05, 3.63) is 71.8 Å². The molecule has 0 aliphatic carbocycles. The van der Waals surface area contributed by atoms with Gasteiger partial charge in [0.1, 0.15) is 0 Å². The van der Waals surface area contributed by atoms with Gasteiger partial charge in [0.15, 0.2) is 0 Å². The Kier molecular flexibility index (Phi) is 12.0. The van der Waals surface area contributed by atoms with Crippen molar-refractivity contribution in [2.45, 2.75) is 129 Å². The van der Waals surface area contributed by atoms with Gasteiger partial charge in [0.25, 0.3) is 0 Å². The van der Waals surface area contributed by atoms with Gasteiger partial charge in [0, 0.05) is 0 Å². The lowest BCUT2D eigenvalue weighted by atomic mass is 9.93. The summed E-state index contributed by atoms with van der Waals surface area (Å²) < 4.78 is 0. The molecule has 0 radical (unpaired) electrons. The Hall–Kier alpha value is -2.34. The average Bonchev–Trinajstić information content (AvgIpc) is 2.95. The van der Waals surface area contributed by atoms with Crippen molar-refractivity contribution in [1.82, 2.24) is 0 Å². The van der Waals surface area contributed by atoms with Crippen molar-refractivity contribution >= 4 is 32.3 Å². The quantitative estimate of drug-likeness (QED) is 0.0925. The van der Waals surface area contributed by atoms with Crippen molar-refractivity contribution in [3.63, 3.8) is 0 Å². The van der Waals surface area contributed by atoms with Gasteiger partial charge in [-0.05, 0) is 69.1 Å². The minimum Gasteiger partial charge on any atom is -0.0654 e. The van der Waals surface area contributed by atoms with E-state index in [-0.39, 0.29) is 0 Å². The highest BCUT2D eigenvalue weighted by Gasteiger charge is 2.07. The van der Waals surface area contributed by atoms with Crippen LogP contribution in [0.5, 0.6) is 0 Å². The highest BCUT2D eigenvalue weighted by atomic mass is 14.1. The molecule has 0 heteroatoms. The largest absolute Gasteiger partial charge is 0.0654 e. The molecule has 0 heterocycles. The van der Waals surface area contributed by atoms with Gasteiger partial charge >= 0.3 is 0 Å². The van der Waals surface area contributed by atoms with Crippen LogP contribution in [-0.4, -0.2) is 0 Å². The van der Waals surface area contributed by atoms with E-state index < -0.39 is 0 Å². The Bertz CT molecular complexity index is 1150. The summed E-state index contributed by atoms with van der Waals surface area (Å²) in [6.45, 7) is 4.59. The van der Waals surface area contributed by atoms with E-state index in [9.17, 15) is 0 Å². The van der Waals surface area contributed by atoms with Gasteiger partial charge in [-0.25, -0.2) is 0 Å². The van der Waals surface area contributed by atoms with Crippen LogP contribution in [0.2, 0.25) is 0 Å². The molecular weight excluding hydrogens is 456 g/mol. The first-order valence-corrected chi connectivity index (χ1v) is 16.2. The molecule has 38 heavy (non-hydrogen) atoms. The van der Waals surface area contributed by atoms with E-state index in [0.29, 0.717) is 0 Å². The van der Waals surface area contributed by atoms with Gasteiger partial charge in [0.05, 0.1) is 0 Å². The summed E-state index contributed by atoms with van der Waals surface area (Å²) in [6.07, 6.45) is 24.6. The van der Waals surface area contributed by atoms with Gasteiger partial charge in [-0.1, -0.05) is 164 Å². The van der Waals surface area contributed by atoms with Crippen LogP contribution in [0.4, 0.5) is 0 Å². The molecule has 0 nitrogen and oxygen atoms in total. The highest BCUT2D eigenvalue weighted by molar-refractivity contribution is 6.17. The van der Waals surface area contributed by atoms with Crippen LogP contribution in [0.25, 0.3) is 32.3 Å². The minimum absolute atomic E-state index is 1.21. The summed E-state index contributed by atoms with van der Waals surface area (Å²) in [5, 5.41) is 8.41. The minimum atomic E-state index is 1.21. The molecule has 0 spiro atoms. The fourth-order valence-electron chi connectivity index (χ4n) is 6.20.